The standard InChI is InChI=1S/C21H18Br2N2O5/c1-25-18(5-4-11-6-13(22)19(26)14(23)7-11)24-15(21(25)28)8-12-9-16(29-2)20(27)17(10-12)30-3/h4-10,26-27H,1-3H3/b5-4+,15-8-. The van der Waals surface area contributed by atoms with Gasteiger partial charge in [-0.05, 0) is 79.4 Å². The molecule has 0 fully saturated rings. The van der Waals surface area contributed by atoms with Crippen molar-refractivity contribution >= 4 is 55.8 Å². The van der Waals surface area contributed by atoms with Crippen LogP contribution in [-0.4, -0.2) is 48.1 Å². The number of aliphatic imine (C=N–C) groups is 1. The molecule has 3 rings (SSSR count). The van der Waals surface area contributed by atoms with E-state index in [-0.39, 0.29) is 34.6 Å². The lowest BCUT2D eigenvalue weighted by molar-refractivity contribution is -0.121. The van der Waals surface area contributed by atoms with Crippen LogP contribution in [0.15, 0.2) is 50.0 Å². The van der Waals surface area contributed by atoms with Crippen molar-refractivity contribution in [2.45, 2.75) is 0 Å². The SMILES string of the molecule is COc1cc(/C=C2N=C(/C=C/c3cc(Br)c(O)c(Br)c3)N(C)C\2=O)cc(OC)c1O. The summed E-state index contributed by atoms with van der Waals surface area (Å²) in [6, 6.07) is 6.68. The normalized spacial score (nSPS) is 15.2. The van der Waals surface area contributed by atoms with Gasteiger partial charge in [0, 0.05) is 7.05 Å². The van der Waals surface area contributed by atoms with Gasteiger partial charge in [-0.15, -0.1) is 0 Å². The maximum Gasteiger partial charge on any atom is 0.277 e. The third-order valence-corrected chi connectivity index (χ3v) is 5.58. The second-order valence-corrected chi connectivity index (χ2v) is 8.01. The Balaban J connectivity index is 1.94. The van der Waals surface area contributed by atoms with E-state index < -0.39 is 0 Å². The number of benzene rings is 2. The number of carbonyl (C=O) groups is 1. The third-order valence-electron chi connectivity index (χ3n) is 4.37. The maximum atomic E-state index is 12.6. The first kappa shape index (κ1) is 21.9. The minimum absolute atomic E-state index is 0.114. The Morgan fingerprint density at radius 3 is 2.03 bits per heavy atom. The van der Waals surface area contributed by atoms with E-state index in [0.717, 1.165) is 5.56 Å². The van der Waals surface area contributed by atoms with Gasteiger partial charge in [0.05, 0.1) is 23.2 Å². The fourth-order valence-electron chi connectivity index (χ4n) is 2.77. The number of hydrogen-bond donors (Lipinski definition) is 2. The zero-order valence-electron chi connectivity index (χ0n) is 16.3. The summed E-state index contributed by atoms with van der Waals surface area (Å²) in [5.41, 5.74) is 1.64. The second kappa shape index (κ2) is 8.93. The molecule has 0 unspecified atom stereocenters. The first-order valence-corrected chi connectivity index (χ1v) is 10.2. The number of amides is 1. The Morgan fingerprint density at radius 1 is 0.933 bits per heavy atom. The third kappa shape index (κ3) is 4.36. The zero-order valence-corrected chi connectivity index (χ0v) is 19.5. The number of ether oxygens (including phenoxy) is 2. The van der Waals surface area contributed by atoms with Crippen LogP contribution in [0.25, 0.3) is 12.2 Å². The number of phenols is 2. The van der Waals surface area contributed by atoms with Crippen LogP contribution >= 0.6 is 31.9 Å². The van der Waals surface area contributed by atoms with Crippen LogP contribution in [0.2, 0.25) is 0 Å². The molecule has 0 saturated heterocycles. The van der Waals surface area contributed by atoms with Gasteiger partial charge in [-0.2, -0.15) is 0 Å². The Labute approximate surface area is 190 Å². The molecule has 7 nitrogen and oxygen atoms in total. The number of phenolic OH excluding ortho intramolecular Hbond substituents is 2. The molecule has 0 atom stereocenters. The largest absolute Gasteiger partial charge is 0.506 e. The smallest absolute Gasteiger partial charge is 0.277 e. The molecule has 0 saturated carbocycles. The van der Waals surface area contributed by atoms with Crippen molar-refractivity contribution in [2.24, 2.45) is 4.99 Å². The van der Waals surface area contributed by atoms with Gasteiger partial charge in [0.25, 0.3) is 5.91 Å². The van der Waals surface area contributed by atoms with Crippen molar-refractivity contribution in [1.82, 2.24) is 4.90 Å². The highest BCUT2D eigenvalue weighted by molar-refractivity contribution is 9.11. The average molecular weight is 538 g/mol. The maximum absolute atomic E-state index is 12.6. The van der Waals surface area contributed by atoms with Gasteiger partial charge < -0.3 is 19.7 Å². The highest BCUT2D eigenvalue weighted by atomic mass is 79.9. The van der Waals surface area contributed by atoms with Crippen molar-refractivity contribution in [3.8, 4) is 23.0 Å². The summed E-state index contributed by atoms with van der Waals surface area (Å²) in [6.45, 7) is 0. The molecular weight excluding hydrogens is 520 g/mol. The predicted octanol–water partition coefficient (Wildman–Crippen LogP) is 4.56. The van der Waals surface area contributed by atoms with Crippen molar-refractivity contribution in [2.75, 3.05) is 21.3 Å². The summed E-state index contributed by atoms with van der Waals surface area (Å²) in [6.07, 6.45) is 5.09. The van der Waals surface area contributed by atoms with Crippen LogP contribution in [-0.2, 0) is 4.79 Å². The molecule has 0 bridgehead atoms. The first-order valence-electron chi connectivity index (χ1n) is 8.64. The van der Waals surface area contributed by atoms with E-state index in [4.69, 9.17) is 9.47 Å². The molecular formula is C21H18Br2N2O5. The molecule has 1 aliphatic rings. The van der Waals surface area contributed by atoms with Crippen molar-refractivity contribution in [1.29, 1.82) is 0 Å². The lowest BCUT2D eigenvalue weighted by Crippen LogP contribution is -2.26. The molecule has 0 spiro atoms. The summed E-state index contributed by atoms with van der Waals surface area (Å²) >= 11 is 6.58. The van der Waals surface area contributed by atoms with E-state index in [1.165, 1.54) is 19.1 Å². The molecule has 30 heavy (non-hydrogen) atoms. The van der Waals surface area contributed by atoms with E-state index in [1.807, 2.05) is 0 Å². The molecule has 1 heterocycles. The molecule has 156 valence electrons. The topological polar surface area (TPSA) is 91.6 Å². The molecule has 0 radical (unpaired) electrons. The molecule has 2 N–H and O–H groups in total. The summed E-state index contributed by atoms with van der Waals surface area (Å²) in [7, 11) is 4.50. The van der Waals surface area contributed by atoms with E-state index >= 15 is 0 Å². The van der Waals surface area contributed by atoms with E-state index in [0.29, 0.717) is 20.3 Å². The molecule has 2 aromatic carbocycles. The quantitative estimate of drug-likeness (QED) is 0.545. The first-order chi connectivity index (χ1) is 14.2. The number of methoxy groups -OCH3 is 2. The minimum atomic E-state index is -0.270. The van der Waals surface area contributed by atoms with Gasteiger partial charge in [0.2, 0.25) is 5.75 Å². The van der Waals surface area contributed by atoms with Crippen LogP contribution in [0.3, 0.4) is 0 Å². The molecule has 0 aliphatic carbocycles. The average Bonchev–Trinajstić information content (AvgIpc) is 2.99. The monoisotopic (exact) mass is 536 g/mol. The van der Waals surface area contributed by atoms with Crippen LogP contribution in [0.4, 0.5) is 0 Å². The predicted molar refractivity (Wildman–Crippen MR) is 122 cm³/mol. The summed E-state index contributed by atoms with van der Waals surface area (Å²) in [5, 5.41) is 19.9. The van der Waals surface area contributed by atoms with E-state index in [2.05, 4.69) is 36.9 Å². The molecule has 2 aromatic rings. The van der Waals surface area contributed by atoms with Crippen molar-refractivity contribution < 1.29 is 24.5 Å². The fourth-order valence-corrected chi connectivity index (χ4v) is 3.99. The van der Waals surface area contributed by atoms with Crippen LogP contribution < -0.4 is 9.47 Å². The number of carbonyl (C=O) groups excluding carboxylic acids is 1. The number of nitrogens with zero attached hydrogens (tertiary/aromatic N) is 2. The number of rotatable bonds is 5. The van der Waals surface area contributed by atoms with Gasteiger partial charge in [-0.1, -0.05) is 6.08 Å². The van der Waals surface area contributed by atoms with Gasteiger partial charge in [0.1, 0.15) is 17.3 Å². The summed E-state index contributed by atoms with van der Waals surface area (Å²) < 4.78 is 11.4. The Bertz CT molecular complexity index is 1060. The Morgan fingerprint density at radius 2 is 1.50 bits per heavy atom. The number of halogens is 2. The van der Waals surface area contributed by atoms with Crippen LogP contribution in [0, 0.1) is 0 Å². The molecule has 1 aliphatic heterocycles. The van der Waals surface area contributed by atoms with Gasteiger partial charge in [0.15, 0.2) is 11.5 Å². The summed E-state index contributed by atoms with van der Waals surface area (Å²) in [5.74, 6) is 0.649. The van der Waals surface area contributed by atoms with Gasteiger partial charge in [-0.3, -0.25) is 9.69 Å². The van der Waals surface area contributed by atoms with Crippen molar-refractivity contribution in [3.63, 3.8) is 0 Å². The fraction of sp³-hybridized carbons (Fsp3) is 0.143. The summed E-state index contributed by atoms with van der Waals surface area (Å²) in [4.78, 5) is 18.4. The highest BCUT2D eigenvalue weighted by Crippen LogP contribution is 2.38. The van der Waals surface area contributed by atoms with Crippen LogP contribution in [0.1, 0.15) is 11.1 Å². The number of hydrogen-bond acceptors (Lipinski definition) is 6. The van der Waals surface area contributed by atoms with E-state index in [1.54, 1.807) is 49.5 Å². The number of likely N-dealkylation sites (N-methyl/N-ethyl adjacent to an activating group) is 1. The molecule has 1 amide bonds. The number of aromatic hydroxyl groups is 2. The second-order valence-electron chi connectivity index (χ2n) is 6.30. The zero-order chi connectivity index (χ0) is 22.0. The van der Waals surface area contributed by atoms with Gasteiger partial charge in [-0.25, -0.2) is 4.99 Å². The van der Waals surface area contributed by atoms with E-state index in [9.17, 15) is 15.0 Å². The van der Waals surface area contributed by atoms with Crippen molar-refractivity contribution in [3.05, 3.63) is 56.1 Å². The molecule has 9 heteroatoms. The Kier molecular flexibility index (Phi) is 6.52. The molecule has 0 aromatic heterocycles. The lowest BCUT2D eigenvalue weighted by Gasteiger charge is -2.10. The Hall–Kier alpha value is -2.78. The minimum Gasteiger partial charge on any atom is -0.506 e. The van der Waals surface area contributed by atoms with Gasteiger partial charge >= 0.3 is 0 Å². The number of amidine groups is 1. The highest BCUT2D eigenvalue weighted by Gasteiger charge is 2.25. The lowest BCUT2D eigenvalue weighted by atomic mass is 10.1. The van der Waals surface area contributed by atoms with Crippen LogP contribution in [0.5, 0.6) is 23.0 Å².